The molecule has 2 fully saturated rings. The minimum Gasteiger partial charge on any atom is -0.473 e. The van der Waals surface area contributed by atoms with Crippen molar-refractivity contribution in [2.75, 3.05) is 32.5 Å². The van der Waals surface area contributed by atoms with Gasteiger partial charge in [0.25, 0.3) is 0 Å². The zero-order valence-corrected chi connectivity index (χ0v) is 24.5. The third-order valence-corrected chi connectivity index (χ3v) is 10.4. The molecule has 11 heteroatoms. The van der Waals surface area contributed by atoms with Gasteiger partial charge in [0.05, 0.1) is 30.3 Å². The van der Waals surface area contributed by atoms with E-state index in [0.717, 1.165) is 81.2 Å². The molecule has 1 spiro atoms. The maximum atomic E-state index is 10.0. The molecule has 4 aliphatic rings. The highest BCUT2D eigenvalue weighted by Gasteiger charge is 2.49. The van der Waals surface area contributed by atoms with Crippen LogP contribution in [0.1, 0.15) is 79.2 Å². The highest BCUT2D eigenvalue weighted by molar-refractivity contribution is 7.16. The molecular weight excluding hydrogens is 540 g/mol. The molecule has 0 saturated carbocycles. The Kier molecular flexibility index (Phi) is 6.88. The summed E-state index contributed by atoms with van der Waals surface area (Å²) in [6, 6.07) is 4.50. The molecule has 3 aromatic rings. The van der Waals surface area contributed by atoms with Crippen molar-refractivity contribution in [3.05, 3.63) is 33.4 Å². The van der Waals surface area contributed by atoms with Crippen LogP contribution in [0.4, 0.5) is 5.00 Å². The Morgan fingerprint density at radius 3 is 2.78 bits per heavy atom. The Morgan fingerprint density at radius 1 is 1.20 bits per heavy atom. The minimum absolute atomic E-state index is 0.0449. The maximum Gasteiger partial charge on any atom is 0.221 e. The number of anilines is 1. The van der Waals surface area contributed by atoms with Crippen molar-refractivity contribution in [1.29, 1.82) is 5.26 Å². The summed E-state index contributed by atoms with van der Waals surface area (Å²) in [5, 5.41) is 15.2. The first kappa shape index (κ1) is 26.7. The topological polar surface area (TPSA) is 133 Å². The van der Waals surface area contributed by atoms with Gasteiger partial charge in [0.1, 0.15) is 23.3 Å². The van der Waals surface area contributed by atoms with Crippen molar-refractivity contribution in [1.82, 2.24) is 20.0 Å². The van der Waals surface area contributed by atoms with Gasteiger partial charge < -0.3 is 24.5 Å². The van der Waals surface area contributed by atoms with Crippen molar-refractivity contribution < 1.29 is 18.7 Å². The number of fused-ring (bicyclic) bond motifs is 4. The zero-order chi connectivity index (χ0) is 28.1. The van der Waals surface area contributed by atoms with E-state index in [-0.39, 0.29) is 12.2 Å². The summed E-state index contributed by atoms with van der Waals surface area (Å²) in [7, 11) is 2.14. The highest BCUT2D eigenvalue weighted by Crippen LogP contribution is 2.55. The number of thiophene rings is 1. The van der Waals surface area contributed by atoms with Crippen molar-refractivity contribution in [3.63, 3.8) is 0 Å². The summed E-state index contributed by atoms with van der Waals surface area (Å²) < 4.78 is 24.4. The Labute approximate surface area is 243 Å². The van der Waals surface area contributed by atoms with Crippen LogP contribution in [-0.4, -0.2) is 65.1 Å². The van der Waals surface area contributed by atoms with E-state index >= 15 is 0 Å². The summed E-state index contributed by atoms with van der Waals surface area (Å²) in [6.07, 6.45) is 8.47. The van der Waals surface area contributed by atoms with Crippen LogP contribution in [0, 0.1) is 11.3 Å². The molecule has 216 valence electrons. The average Bonchev–Trinajstić information content (AvgIpc) is 3.76. The van der Waals surface area contributed by atoms with Gasteiger partial charge in [-0.3, -0.25) is 4.90 Å². The number of ether oxygens (including phenoxy) is 3. The zero-order valence-electron chi connectivity index (χ0n) is 23.6. The van der Waals surface area contributed by atoms with Crippen LogP contribution in [0.2, 0.25) is 0 Å². The number of nitrogens with two attached hydrogens (primary N) is 1. The summed E-state index contributed by atoms with van der Waals surface area (Å²) >= 11 is 1.54. The van der Waals surface area contributed by atoms with Crippen LogP contribution < -0.4 is 15.2 Å². The quantitative estimate of drug-likeness (QED) is 0.443. The van der Waals surface area contributed by atoms with Gasteiger partial charge in [-0.05, 0) is 77.4 Å². The van der Waals surface area contributed by atoms with Gasteiger partial charge in [0.2, 0.25) is 11.8 Å². The number of aromatic nitrogens is 3. The molecule has 10 nitrogen and oxygen atoms in total. The molecular formula is C30H36N6O4S. The number of hydrogen-bond donors (Lipinski definition) is 1. The lowest BCUT2D eigenvalue weighted by Gasteiger charge is -2.39. The lowest BCUT2D eigenvalue weighted by molar-refractivity contribution is 0.114. The Balaban J connectivity index is 1.29. The number of nitrogens with zero attached hydrogens (tertiary/aromatic N) is 5. The van der Waals surface area contributed by atoms with E-state index in [4.69, 9.17) is 34.4 Å². The fourth-order valence-corrected chi connectivity index (χ4v) is 8.58. The Bertz CT molecular complexity index is 1490. The van der Waals surface area contributed by atoms with Crippen LogP contribution in [0.25, 0.3) is 11.5 Å². The smallest absolute Gasteiger partial charge is 0.221 e. The summed E-state index contributed by atoms with van der Waals surface area (Å²) in [5.74, 6) is 2.19. The largest absolute Gasteiger partial charge is 0.473 e. The van der Waals surface area contributed by atoms with Gasteiger partial charge in [-0.15, -0.1) is 11.3 Å². The standard InChI is InChI=1S/C30H36N6O4S/c1-17(21-7-5-12-36(21)2)38-23-14-24(39-18-9-13-37-16-18)34-29(33-23)26-19-6-3-10-30(27(19)40-35-26)11-4-8-22-25(30)20(15-31)28(32)41-22/h14,17-18,21H,3-13,16,32H2,1-2H3/t17-,18-,21-,30-/m0/s1. The molecule has 7 rings (SSSR count). The van der Waals surface area contributed by atoms with Crippen molar-refractivity contribution in [2.45, 2.75) is 88.4 Å². The molecule has 2 N–H and O–H groups in total. The van der Waals surface area contributed by atoms with Gasteiger partial charge in [-0.1, -0.05) is 5.16 Å². The number of rotatable bonds is 6. The lowest BCUT2D eigenvalue weighted by atomic mass is 9.63. The molecule has 0 aromatic carbocycles. The molecule has 3 aromatic heterocycles. The van der Waals surface area contributed by atoms with E-state index in [9.17, 15) is 5.26 Å². The molecule has 5 heterocycles. The maximum absolute atomic E-state index is 10.0. The molecule has 0 amide bonds. The van der Waals surface area contributed by atoms with Crippen molar-refractivity contribution in [2.24, 2.45) is 0 Å². The fraction of sp³-hybridized carbons (Fsp3) is 0.600. The molecule has 0 radical (unpaired) electrons. The predicted octanol–water partition coefficient (Wildman–Crippen LogP) is 4.63. The second-order valence-corrected chi connectivity index (χ2v) is 13.0. The first-order chi connectivity index (χ1) is 20.0. The van der Waals surface area contributed by atoms with E-state index in [1.54, 1.807) is 17.4 Å². The average molecular weight is 577 g/mol. The number of hydrogen-bond acceptors (Lipinski definition) is 11. The molecule has 0 unspecified atom stereocenters. The molecule has 2 aliphatic heterocycles. The molecule has 0 bridgehead atoms. The van der Waals surface area contributed by atoms with E-state index in [1.807, 2.05) is 0 Å². The molecule has 4 atom stereocenters. The van der Waals surface area contributed by atoms with Crippen LogP contribution in [0.3, 0.4) is 0 Å². The Morgan fingerprint density at radius 2 is 2.02 bits per heavy atom. The number of nitriles is 1. The molecule has 41 heavy (non-hydrogen) atoms. The number of likely N-dealkylation sites (tertiary alicyclic amines) is 1. The second kappa shape index (κ2) is 10.6. The van der Waals surface area contributed by atoms with Crippen LogP contribution in [-0.2, 0) is 23.0 Å². The second-order valence-electron chi connectivity index (χ2n) is 11.9. The fourth-order valence-electron chi connectivity index (χ4n) is 7.42. The first-order valence-electron chi connectivity index (χ1n) is 14.8. The summed E-state index contributed by atoms with van der Waals surface area (Å²) in [6.45, 7) is 4.38. The highest BCUT2D eigenvalue weighted by atomic mass is 32.1. The van der Waals surface area contributed by atoms with Crippen LogP contribution >= 0.6 is 11.3 Å². The molecule has 2 saturated heterocycles. The van der Waals surface area contributed by atoms with E-state index < -0.39 is 5.41 Å². The van der Waals surface area contributed by atoms with E-state index in [0.29, 0.717) is 53.1 Å². The monoisotopic (exact) mass is 576 g/mol. The van der Waals surface area contributed by atoms with E-state index in [1.165, 1.54) is 4.88 Å². The SMILES string of the molecule is C[C@H](Oc1cc(O[C@H]2CCOC2)nc(-c2noc3c2CCC[C@@]32CCCc3sc(N)c(C#N)c32)n1)[C@@H]1CCCN1C. The van der Waals surface area contributed by atoms with Crippen LogP contribution in [0.15, 0.2) is 10.6 Å². The number of likely N-dealkylation sites (N-methyl/N-ethyl adjacent to an activating group) is 1. The van der Waals surface area contributed by atoms with Gasteiger partial charge in [0.15, 0.2) is 17.3 Å². The Hall–Kier alpha value is -3.20. The summed E-state index contributed by atoms with van der Waals surface area (Å²) in [4.78, 5) is 13.2. The number of aryl methyl sites for hydroxylation is 1. The molecule has 2 aliphatic carbocycles. The van der Waals surface area contributed by atoms with Gasteiger partial charge in [0, 0.05) is 22.9 Å². The predicted molar refractivity (Wildman–Crippen MR) is 153 cm³/mol. The van der Waals surface area contributed by atoms with Crippen molar-refractivity contribution >= 4 is 16.3 Å². The summed E-state index contributed by atoms with van der Waals surface area (Å²) in [5.41, 5.74) is 9.20. The van der Waals surface area contributed by atoms with Gasteiger partial charge in [-0.25, -0.2) is 0 Å². The third kappa shape index (κ3) is 4.57. The van der Waals surface area contributed by atoms with Gasteiger partial charge in [-0.2, -0.15) is 15.2 Å². The third-order valence-electron chi connectivity index (χ3n) is 9.35. The minimum atomic E-state index is -0.401. The van der Waals surface area contributed by atoms with Gasteiger partial charge >= 0.3 is 0 Å². The van der Waals surface area contributed by atoms with E-state index in [2.05, 4.69) is 30.1 Å². The number of nitrogen functional groups attached to an aromatic ring is 1. The van der Waals surface area contributed by atoms with Crippen LogP contribution in [0.5, 0.6) is 11.8 Å². The normalized spacial score (nSPS) is 26.5. The lowest BCUT2D eigenvalue weighted by Crippen LogP contribution is -2.38. The first-order valence-corrected chi connectivity index (χ1v) is 15.6. The van der Waals surface area contributed by atoms with Crippen molar-refractivity contribution in [3.8, 4) is 29.3 Å².